The van der Waals surface area contributed by atoms with Crippen LogP contribution in [0.15, 0.2) is 10.7 Å². The maximum atomic E-state index is 12.6. The second-order valence-electron chi connectivity index (χ2n) is 5.26. The highest BCUT2D eigenvalue weighted by atomic mass is 79.9. The SMILES string of the molecule is CN(C)CCn1ncc(Br)c1C(=O)C1CCNCC1. The van der Waals surface area contributed by atoms with Crippen molar-refractivity contribution in [2.24, 2.45) is 5.92 Å². The highest BCUT2D eigenvalue weighted by Gasteiger charge is 2.26. The van der Waals surface area contributed by atoms with Gasteiger partial charge in [-0.05, 0) is 56.0 Å². The summed E-state index contributed by atoms with van der Waals surface area (Å²) < 4.78 is 2.64. The zero-order valence-corrected chi connectivity index (χ0v) is 13.1. The van der Waals surface area contributed by atoms with Crippen LogP contribution >= 0.6 is 15.9 Å². The molecule has 0 radical (unpaired) electrons. The molecular formula is C13H21BrN4O. The third-order valence-electron chi connectivity index (χ3n) is 3.50. The monoisotopic (exact) mass is 328 g/mol. The number of nitrogens with zero attached hydrogens (tertiary/aromatic N) is 3. The van der Waals surface area contributed by atoms with Gasteiger partial charge < -0.3 is 10.2 Å². The number of carbonyl (C=O) groups excluding carboxylic acids is 1. The van der Waals surface area contributed by atoms with E-state index in [4.69, 9.17) is 0 Å². The molecule has 2 rings (SSSR count). The molecule has 0 amide bonds. The highest BCUT2D eigenvalue weighted by Crippen LogP contribution is 2.24. The molecule has 1 N–H and O–H groups in total. The lowest BCUT2D eigenvalue weighted by molar-refractivity contribution is 0.0882. The molecule has 1 aromatic heterocycles. The van der Waals surface area contributed by atoms with Crippen LogP contribution in [0.4, 0.5) is 0 Å². The van der Waals surface area contributed by atoms with Gasteiger partial charge in [0.2, 0.25) is 0 Å². The van der Waals surface area contributed by atoms with Crippen LogP contribution in [0.25, 0.3) is 0 Å². The van der Waals surface area contributed by atoms with Crippen LogP contribution in [0.2, 0.25) is 0 Å². The summed E-state index contributed by atoms with van der Waals surface area (Å²) in [5.41, 5.74) is 0.730. The fourth-order valence-corrected chi connectivity index (χ4v) is 2.84. The van der Waals surface area contributed by atoms with Gasteiger partial charge in [0.1, 0.15) is 5.69 Å². The Morgan fingerprint density at radius 2 is 2.21 bits per heavy atom. The molecule has 106 valence electrons. The van der Waals surface area contributed by atoms with Gasteiger partial charge in [-0.25, -0.2) is 0 Å². The molecule has 6 heteroatoms. The molecule has 0 atom stereocenters. The van der Waals surface area contributed by atoms with Crippen LogP contribution in [-0.4, -0.2) is 54.2 Å². The lowest BCUT2D eigenvalue weighted by Gasteiger charge is -2.22. The van der Waals surface area contributed by atoms with Crippen molar-refractivity contribution in [2.75, 3.05) is 33.7 Å². The number of Topliss-reactive ketones (excluding diaryl/α,β-unsaturated/α-hetero) is 1. The van der Waals surface area contributed by atoms with Crippen molar-refractivity contribution in [2.45, 2.75) is 19.4 Å². The zero-order valence-electron chi connectivity index (χ0n) is 11.5. The van der Waals surface area contributed by atoms with E-state index >= 15 is 0 Å². The maximum absolute atomic E-state index is 12.6. The van der Waals surface area contributed by atoms with Gasteiger partial charge >= 0.3 is 0 Å². The molecule has 0 bridgehead atoms. The Hall–Kier alpha value is -0.720. The number of nitrogens with one attached hydrogen (secondary N) is 1. The highest BCUT2D eigenvalue weighted by molar-refractivity contribution is 9.10. The second-order valence-corrected chi connectivity index (χ2v) is 6.11. The quantitative estimate of drug-likeness (QED) is 0.830. The van der Waals surface area contributed by atoms with Crippen molar-refractivity contribution in [1.82, 2.24) is 20.0 Å². The smallest absolute Gasteiger partial charge is 0.185 e. The first-order chi connectivity index (χ1) is 9.09. The normalized spacial score (nSPS) is 17.1. The first-order valence-corrected chi connectivity index (χ1v) is 7.50. The Bertz CT molecular complexity index is 438. The molecule has 19 heavy (non-hydrogen) atoms. The number of aromatic nitrogens is 2. The molecule has 1 saturated heterocycles. The van der Waals surface area contributed by atoms with Crippen molar-refractivity contribution in [1.29, 1.82) is 0 Å². The molecule has 0 unspecified atom stereocenters. The summed E-state index contributed by atoms with van der Waals surface area (Å²) in [6, 6.07) is 0. The van der Waals surface area contributed by atoms with E-state index in [1.54, 1.807) is 6.20 Å². The van der Waals surface area contributed by atoms with Crippen molar-refractivity contribution in [3.8, 4) is 0 Å². The molecule has 5 nitrogen and oxygen atoms in total. The minimum Gasteiger partial charge on any atom is -0.317 e. The van der Waals surface area contributed by atoms with Crippen molar-refractivity contribution in [3.05, 3.63) is 16.4 Å². The molecular weight excluding hydrogens is 308 g/mol. The van der Waals surface area contributed by atoms with Crippen molar-refractivity contribution in [3.63, 3.8) is 0 Å². The van der Waals surface area contributed by atoms with Crippen LogP contribution in [0.5, 0.6) is 0 Å². The van der Waals surface area contributed by atoms with Crippen LogP contribution in [0, 0.1) is 5.92 Å². The van der Waals surface area contributed by atoms with Crippen LogP contribution in [0.3, 0.4) is 0 Å². The largest absolute Gasteiger partial charge is 0.317 e. The average Bonchev–Trinajstić information content (AvgIpc) is 2.78. The summed E-state index contributed by atoms with van der Waals surface area (Å²) in [5, 5.41) is 7.60. The predicted molar refractivity (Wildman–Crippen MR) is 78.4 cm³/mol. The van der Waals surface area contributed by atoms with E-state index in [2.05, 4.69) is 31.2 Å². The summed E-state index contributed by atoms with van der Waals surface area (Å²) in [5.74, 6) is 0.358. The van der Waals surface area contributed by atoms with E-state index in [0.29, 0.717) is 0 Å². The van der Waals surface area contributed by atoms with Crippen molar-refractivity contribution >= 4 is 21.7 Å². The summed E-state index contributed by atoms with van der Waals surface area (Å²) in [6.07, 6.45) is 3.57. The van der Waals surface area contributed by atoms with Gasteiger partial charge in [-0.1, -0.05) is 0 Å². The molecule has 1 aliphatic heterocycles. The van der Waals surface area contributed by atoms with Crippen LogP contribution < -0.4 is 5.32 Å². The van der Waals surface area contributed by atoms with E-state index in [9.17, 15) is 4.79 Å². The summed E-state index contributed by atoms with van der Waals surface area (Å²) >= 11 is 3.46. The average molecular weight is 329 g/mol. The van der Waals surface area contributed by atoms with E-state index in [0.717, 1.165) is 49.2 Å². The van der Waals surface area contributed by atoms with E-state index in [1.807, 2.05) is 18.8 Å². The standard InChI is InChI=1S/C13H21BrN4O/c1-17(2)7-8-18-12(11(14)9-16-18)13(19)10-3-5-15-6-4-10/h9-10,15H,3-8H2,1-2H3. The van der Waals surface area contributed by atoms with Gasteiger partial charge in [0, 0.05) is 12.5 Å². The molecule has 1 aromatic rings. The zero-order chi connectivity index (χ0) is 13.8. The molecule has 0 spiro atoms. The molecule has 0 aromatic carbocycles. The predicted octanol–water partition coefficient (Wildman–Crippen LogP) is 1.39. The molecule has 1 aliphatic rings. The van der Waals surface area contributed by atoms with Gasteiger partial charge in [0.25, 0.3) is 0 Å². The third kappa shape index (κ3) is 3.64. The Kier molecular flexibility index (Phi) is 5.13. The van der Waals surface area contributed by atoms with Crippen molar-refractivity contribution < 1.29 is 4.79 Å². The number of likely N-dealkylation sites (N-methyl/N-ethyl adjacent to an activating group) is 1. The van der Waals surface area contributed by atoms with Gasteiger partial charge in [-0.2, -0.15) is 5.10 Å². The topological polar surface area (TPSA) is 50.2 Å². The molecule has 0 saturated carbocycles. The summed E-state index contributed by atoms with van der Waals surface area (Å²) in [6.45, 7) is 3.48. The van der Waals surface area contributed by atoms with Gasteiger partial charge in [-0.3, -0.25) is 9.48 Å². The van der Waals surface area contributed by atoms with E-state index < -0.39 is 0 Å². The Morgan fingerprint density at radius 3 is 2.84 bits per heavy atom. The minimum absolute atomic E-state index is 0.132. The van der Waals surface area contributed by atoms with Gasteiger partial charge in [0.05, 0.1) is 17.2 Å². The second kappa shape index (κ2) is 6.63. The Labute approximate surface area is 122 Å². The fraction of sp³-hybridized carbons (Fsp3) is 0.692. The molecule has 2 heterocycles. The third-order valence-corrected chi connectivity index (χ3v) is 4.08. The number of hydrogen-bond donors (Lipinski definition) is 1. The number of halogens is 1. The summed E-state index contributed by atoms with van der Waals surface area (Å²) in [7, 11) is 4.04. The fourth-order valence-electron chi connectivity index (χ4n) is 2.35. The Morgan fingerprint density at radius 1 is 1.53 bits per heavy atom. The van der Waals surface area contributed by atoms with Gasteiger partial charge in [0.15, 0.2) is 5.78 Å². The lowest BCUT2D eigenvalue weighted by Crippen LogP contribution is -2.33. The minimum atomic E-state index is 0.132. The summed E-state index contributed by atoms with van der Waals surface area (Å²) in [4.78, 5) is 14.7. The van der Waals surface area contributed by atoms with Crippen LogP contribution in [-0.2, 0) is 6.54 Å². The molecule has 1 fully saturated rings. The van der Waals surface area contributed by atoms with Crippen LogP contribution in [0.1, 0.15) is 23.3 Å². The Balaban J connectivity index is 2.13. The number of carbonyl (C=O) groups is 1. The lowest BCUT2D eigenvalue weighted by atomic mass is 9.92. The first-order valence-electron chi connectivity index (χ1n) is 6.70. The number of ketones is 1. The maximum Gasteiger partial charge on any atom is 0.185 e. The van der Waals surface area contributed by atoms with E-state index in [1.165, 1.54) is 0 Å². The van der Waals surface area contributed by atoms with E-state index in [-0.39, 0.29) is 11.7 Å². The molecule has 0 aliphatic carbocycles. The van der Waals surface area contributed by atoms with Gasteiger partial charge in [-0.15, -0.1) is 0 Å². The number of piperidine rings is 1. The number of hydrogen-bond acceptors (Lipinski definition) is 4. The number of rotatable bonds is 5. The first kappa shape index (κ1) is 14.7.